The average molecular weight is 532 g/mol. The fourth-order valence-electron chi connectivity index (χ4n) is 4.63. The summed E-state index contributed by atoms with van der Waals surface area (Å²) in [5.74, 6) is -3.32. The van der Waals surface area contributed by atoms with Crippen molar-refractivity contribution in [3.63, 3.8) is 0 Å². The van der Waals surface area contributed by atoms with Gasteiger partial charge in [-0.25, -0.2) is 9.59 Å². The number of Topliss-reactive ketones (excluding diaryl/α,β-unsaturated/α-hetero) is 1. The van der Waals surface area contributed by atoms with Gasteiger partial charge in [-0.2, -0.15) is 0 Å². The number of carbonyl (C=O) groups is 4. The van der Waals surface area contributed by atoms with Gasteiger partial charge in [0.25, 0.3) is 5.91 Å². The smallest absolute Gasteiger partial charge is 0.339 e. The molecule has 8 heteroatoms. The number of phenols is 1. The molecule has 0 saturated heterocycles. The third-order valence-corrected chi connectivity index (χ3v) is 7.15. The number of para-hydroxylation sites is 1. The molecule has 4 rings (SSSR count). The standard InChI is InChI=1S/C22H25NO3.C9H8O4/c1-21(2)11-12-22(3,4)18-13-16(9-10-17(18)21)23-19(24)14-5-7-15(8-6-14)20(25)26;1-5(10)6-3-2-4-7(8(6)11)9(12)13/h5-10,13H,11-12H2,1-4H3,(H,23,24)(H,25,26);2-4,11H,1H3,(H,12,13). The first-order chi connectivity index (χ1) is 18.1. The Labute approximate surface area is 227 Å². The fourth-order valence-corrected chi connectivity index (χ4v) is 4.63. The van der Waals surface area contributed by atoms with E-state index in [0.29, 0.717) is 5.56 Å². The summed E-state index contributed by atoms with van der Waals surface area (Å²) in [5.41, 5.74) is 3.99. The van der Waals surface area contributed by atoms with Gasteiger partial charge >= 0.3 is 11.9 Å². The summed E-state index contributed by atoms with van der Waals surface area (Å²) in [4.78, 5) is 44.8. The predicted molar refractivity (Wildman–Crippen MR) is 148 cm³/mol. The van der Waals surface area contributed by atoms with Gasteiger partial charge in [0.05, 0.1) is 11.1 Å². The molecule has 0 aromatic heterocycles. The van der Waals surface area contributed by atoms with Crippen LogP contribution in [-0.4, -0.2) is 38.9 Å². The number of nitrogens with one attached hydrogen (secondary N) is 1. The van der Waals surface area contributed by atoms with Crippen LogP contribution in [0.1, 0.15) is 100 Å². The minimum Gasteiger partial charge on any atom is -0.506 e. The summed E-state index contributed by atoms with van der Waals surface area (Å²) >= 11 is 0. The molecule has 0 spiro atoms. The second kappa shape index (κ2) is 11.1. The van der Waals surface area contributed by atoms with Gasteiger partial charge in [0.1, 0.15) is 11.3 Å². The van der Waals surface area contributed by atoms with Gasteiger partial charge < -0.3 is 20.6 Å². The molecule has 1 aliphatic carbocycles. The molecule has 0 atom stereocenters. The highest BCUT2D eigenvalue weighted by Crippen LogP contribution is 2.46. The lowest BCUT2D eigenvalue weighted by Gasteiger charge is -2.42. The summed E-state index contributed by atoms with van der Waals surface area (Å²) in [6, 6.07) is 16.1. The highest BCUT2D eigenvalue weighted by atomic mass is 16.4. The summed E-state index contributed by atoms with van der Waals surface area (Å²) in [6.45, 7) is 10.3. The number of rotatable bonds is 5. The fraction of sp³-hybridized carbons (Fsp3) is 0.290. The zero-order valence-electron chi connectivity index (χ0n) is 22.7. The Morgan fingerprint density at radius 3 is 1.79 bits per heavy atom. The van der Waals surface area contributed by atoms with E-state index in [-0.39, 0.29) is 39.2 Å². The van der Waals surface area contributed by atoms with Crippen LogP contribution in [0.2, 0.25) is 0 Å². The minimum absolute atomic E-state index is 0.0277. The molecule has 0 fully saturated rings. The quantitative estimate of drug-likeness (QED) is 0.284. The molecule has 204 valence electrons. The van der Waals surface area contributed by atoms with E-state index in [4.69, 9.17) is 10.2 Å². The maximum atomic E-state index is 12.5. The van der Waals surface area contributed by atoms with Crippen molar-refractivity contribution in [1.82, 2.24) is 0 Å². The number of hydrogen-bond acceptors (Lipinski definition) is 5. The number of hydrogen-bond donors (Lipinski definition) is 4. The molecule has 8 nitrogen and oxygen atoms in total. The first-order valence-electron chi connectivity index (χ1n) is 12.5. The number of carbonyl (C=O) groups excluding carboxylic acids is 2. The van der Waals surface area contributed by atoms with Gasteiger partial charge in [-0.15, -0.1) is 0 Å². The van der Waals surface area contributed by atoms with E-state index in [2.05, 4.69) is 45.1 Å². The lowest BCUT2D eigenvalue weighted by atomic mass is 9.63. The van der Waals surface area contributed by atoms with E-state index in [1.807, 2.05) is 6.07 Å². The molecule has 3 aromatic carbocycles. The van der Waals surface area contributed by atoms with Gasteiger partial charge in [-0.1, -0.05) is 39.8 Å². The molecule has 0 heterocycles. The van der Waals surface area contributed by atoms with Crippen LogP contribution in [0.15, 0.2) is 60.7 Å². The molecule has 0 radical (unpaired) electrons. The summed E-state index contributed by atoms with van der Waals surface area (Å²) in [6.07, 6.45) is 2.26. The van der Waals surface area contributed by atoms with Gasteiger partial charge in [0.15, 0.2) is 5.78 Å². The topological polar surface area (TPSA) is 141 Å². The van der Waals surface area contributed by atoms with Gasteiger partial charge in [0, 0.05) is 11.3 Å². The lowest BCUT2D eigenvalue weighted by Crippen LogP contribution is -2.33. The van der Waals surface area contributed by atoms with E-state index < -0.39 is 17.7 Å². The Balaban J connectivity index is 0.000000272. The lowest BCUT2D eigenvalue weighted by molar-refractivity contribution is 0.0684. The summed E-state index contributed by atoms with van der Waals surface area (Å²) in [7, 11) is 0. The molecule has 1 amide bonds. The van der Waals surface area contributed by atoms with Crippen molar-refractivity contribution in [2.24, 2.45) is 0 Å². The zero-order chi connectivity index (χ0) is 29.1. The molecule has 0 saturated carbocycles. The third-order valence-electron chi connectivity index (χ3n) is 7.15. The number of aromatic carboxylic acids is 2. The Kier molecular flexibility index (Phi) is 8.29. The summed E-state index contributed by atoms with van der Waals surface area (Å²) < 4.78 is 0. The SMILES string of the molecule is CC(=O)c1cccc(C(=O)O)c1O.CC1(C)CCC(C)(C)c2cc(NC(=O)c3ccc(C(=O)O)cc3)ccc21. The molecular weight excluding hydrogens is 498 g/mol. The number of amides is 1. The van der Waals surface area contributed by atoms with Crippen LogP contribution < -0.4 is 5.32 Å². The number of carboxylic acids is 2. The van der Waals surface area contributed by atoms with Crippen molar-refractivity contribution >= 4 is 29.3 Å². The van der Waals surface area contributed by atoms with Crippen molar-refractivity contribution < 1.29 is 34.5 Å². The molecular formula is C31H33NO7. The third kappa shape index (κ3) is 6.52. The highest BCUT2D eigenvalue weighted by Gasteiger charge is 2.37. The van der Waals surface area contributed by atoms with E-state index in [1.54, 1.807) is 0 Å². The van der Waals surface area contributed by atoms with Crippen LogP contribution >= 0.6 is 0 Å². The van der Waals surface area contributed by atoms with Gasteiger partial charge in [-0.05, 0) is 90.3 Å². The maximum Gasteiger partial charge on any atom is 0.339 e. The van der Waals surface area contributed by atoms with Crippen molar-refractivity contribution in [2.45, 2.75) is 58.3 Å². The first-order valence-corrected chi connectivity index (χ1v) is 12.5. The molecule has 0 unspecified atom stereocenters. The maximum absolute atomic E-state index is 12.5. The molecule has 1 aliphatic rings. The molecule has 0 aliphatic heterocycles. The normalized spacial score (nSPS) is 14.7. The molecule has 4 N–H and O–H groups in total. The predicted octanol–water partition coefficient (Wildman–Crippen LogP) is 6.28. The minimum atomic E-state index is -1.25. The van der Waals surface area contributed by atoms with Crippen molar-refractivity contribution in [3.8, 4) is 5.75 Å². The van der Waals surface area contributed by atoms with Crippen LogP contribution in [0, 0.1) is 0 Å². The zero-order valence-corrected chi connectivity index (χ0v) is 22.7. The van der Waals surface area contributed by atoms with E-state index in [0.717, 1.165) is 18.5 Å². The Bertz CT molecular complexity index is 1400. The van der Waals surface area contributed by atoms with E-state index in [1.165, 1.54) is 60.5 Å². The Morgan fingerprint density at radius 2 is 1.26 bits per heavy atom. The van der Waals surface area contributed by atoms with Crippen molar-refractivity contribution in [1.29, 1.82) is 0 Å². The monoisotopic (exact) mass is 531 g/mol. The summed E-state index contributed by atoms with van der Waals surface area (Å²) in [5, 5.41) is 29.8. The average Bonchev–Trinajstić information content (AvgIpc) is 2.87. The second-order valence-corrected chi connectivity index (χ2v) is 10.9. The second-order valence-electron chi connectivity index (χ2n) is 10.9. The Hall–Kier alpha value is -4.46. The molecule has 0 bridgehead atoms. The van der Waals surface area contributed by atoms with Crippen LogP contribution in [0.3, 0.4) is 0 Å². The number of benzene rings is 3. The number of ketones is 1. The first kappa shape index (κ1) is 29.1. The highest BCUT2D eigenvalue weighted by molar-refractivity contribution is 6.05. The number of carboxylic acid groups (broad SMARTS) is 2. The van der Waals surface area contributed by atoms with Crippen LogP contribution in [0.25, 0.3) is 0 Å². The van der Waals surface area contributed by atoms with Gasteiger partial charge in [-0.3, -0.25) is 9.59 Å². The van der Waals surface area contributed by atoms with Gasteiger partial charge in [0.2, 0.25) is 0 Å². The number of aromatic hydroxyl groups is 1. The molecule has 3 aromatic rings. The number of fused-ring (bicyclic) bond motifs is 1. The molecule has 39 heavy (non-hydrogen) atoms. The largest absolute Gasteiger partial charge is 0.506 e. The van der Waals surface area contributed by atoms with Crippen molar-refractivity contribution in [2.75, 3.05) is 5.32 Å². The van der Waals surface area contributed by atoms with Crippen LogP contribution in [0.4, 0.5) is 5.69 Å². The van der Waals surface area contributed by atoms with E-state index >= 15 is 0 Å². The van der Waals surface area contributed by atoms with E-state index in [9.17, 15) is 24.3 Å². The Morgan fingerprint density at radius 1 is 0.718 bits per heavy atom. The van der Waals surface area contributed by atoms with Crippen LogP contribution in [0.5, 0.6) is 5.75 Å². The van der Waals surface area contributed by atoms with Crippen LogP contribution in [-0.2, 0) is 10.8 Å². The number of anilines is 1. The van der Waals surface area contributed by atoms with Crippen molar-refractivity contribution in [3.05, 3.63) is 94.0 Å².